The van der Waals surface area contributed by atoms with Gasteiger partial charge in [-0.25, -0.2) is 9.37 Å². The zero-order valence-corrected chi connectivity index (χ0v) is 12.5. The van der Waals surface area contributed by atoms with E-state index in [4.69, 9.17) is 4.74 Å². The van der Waals surface area contributed by atoms with Crippen LogP contribution in [0.4, 0.5) is 4.39 Å². The zero-order chi connectivity index (χ0) is 15.2. The molecule has 0 saturated heterocycles. The van der Waals surface area contributed by atoms with Crippen molar-refractivity contribution in [2.24, 2.45) is 0 Å². The summed E-state index contributed by atoms with van der Waals surface area (Å²) in [5.74, 6) is 1.67. The highest BCUT2D eigenvalue weighted by Gasteiger charge is 2.09. The summed E-state index contributed by atoms with van der Waals surface area (Å²) in [5, 5.41) is 7.42. The number of nitrogens with one attached hydrogen (secondary N) is 1. The second-order valence-electron chi connectivity index (χ2n) is 4.46. The van der Waals surface area contributed by atoms with E-state index in [0.29, 0.717) is 28.9 Å². The molecule has 0 bridgehead atoms. The van der Waals surface area contributed by atoms with Crippen molar-refractivity contribution in [3.05, 3.63) is 60.4 Å². The maximum absolute atomic E-state index is 13.7. The predicted molar refractivity (Wildman–Crippen MR) is 84.4 cm³/mol. The maximum atomic E-state index is 13.7. The third-order valence-electron chi connectivity index (χ3n) is 2.92. The van der Waals surface area contributed by atoms with Crippen LogP contribution in [0.1, 0.15) is 0 Å². The SMILES string of the molecule is Fc1ccccc1-c1nc(SCCOc2ccccc2)n[nH]1. The number of aromatic nitrogens is 3. The highest BCUT2D eigenvalue weighted by atomic mass is 32.2. The summed E-state index contributed by atoms with van der Waals surface area (Å²) in [6.45, 7) is 0.554. The van der Waals surface area contributed by atoms with Gasteiger partial charge in [0.2, 0.25) is 5.16 Å². The minimum atomic E-state index is -0.317. The largest absolute Gasteiger partial charge is 0.493 e. The molecule has 0 saturated carbocycles. The van der Waals surface area contributed by atoms with Crippen LogP contribution < -0.4 is 4.74 Å². The van der Waals surface area contributed by atoms with Crippen molar-refractivity contribution in [2.75, 3.05) is 12.4 Å². The van der Waals surface area contributed by atoms with Crippen molar-refractivity contribution in [1.82, 2.24) is 15.2 Å². The Labute approximate surface area is 131 Å². The van der Waals surface area contributed by atoms with Gasteiger partial charge in [-0.15, -0.1) is 5.10 Å². The summed E-state index contributed by atoms with van der Waals surface area (Å²) < 4.78 is 19.3. The minimum Gasteiger partial charge on any atom is -0.493 e. The Balaban J connectivity index is 1.53. The van der Waals surface area contributed by atoms with Gasteiger partial charge in [0.25, 0.3) is 0 Å². The second-order valence-corrected chi connectivity index (χ2v) is 5.52. The van der Waals surface area contributed by atoms with E-state index in [-0.39, 0.29) is 5.82 Å². The van der Waals surface area contributed by atoms with Crippen LogP contribution in [0.2, 0.25) is 0 Å². The van der Waals surface area contributed by atoms with Gasteiger partial charge in [-0.05, 0) is 24.3 Å². The molecule has 0 atom stereocenters. The molecule has 1 aromatic heterocycles. The summed E-state index contributed by atoms with van der Waals surface area (Å²) in [7, 11) is 0. The lowest BCUT2D eigenvalue weighted by Crippen LogP contribution is -2.00. The number of thioether (sulfide) groups is 1. The molecule has 2 aromatic carbocycles. The van der Waals surface area contributed by atoms with Crippen molar-refractivity contribution in [3.8, 4) is 17.1 Å². The van der Waals surface area contributed by atoms with Crippen molar-refractivity contribution >= 4 is 11.8 Å². The molecular formula is C16H14FN3OS. The molecule has 0 fully saturated rings. The van der Waals surface area contributed by atoms with E-state index in [9.17, 15) is 4.39 Å². The second kappa shape index (κ2) is 7.09. The van der Waals surface area contributed by atoms with Crippen molar-refractivity contribution < 1.29 is 9.13 Å². The molecule has 0 aliphatic carbocycles. The van der Waals surface area contributed by atoms with E-state index < -0.39 is 0 Å². The van der Waals surface area contributed by atoms with Gasteiger partial charge in [0.05, 0.1) is 12.2 Å². The normalized spacial score (nSPS) is 10.6. The fourth-order valence-corrected chi connectivity index (χ4v) is 2.51. The van der Waals surface area contributed by atoms with Crippen molar-refractivity contribution in [2.45, 2.75) is 5.16 Å². The van der Waals surface area contributed by atoms with Gasteiger partial charge in [0.1, 0.15) is 11.6 Å². The Morgan fingerprint density at radius 1 is 1.05 bits per heavy atom. The molecule has 4 nitrogen and oxygen atoms in total. The number of nitrogens with zero attached hydrogens (tertiary/aromatic N) is 2. The Hall–Kier alpha value is -2.34. The number of halogens is 1. The van der Waals surface area contributed by atoms with Crippen LogP contribution in [0.15, 0.2) is 59.8 Å². The van der Waals surface area contributed by atoms with Gasteiger partial charge in [0, 0.05) is 5.75 Å². The van der Waals surface area contributed by atoms with E-state index in [0.717, 1.165) is 5.75 Å². The van der Waals surface area contributed by atoms with Gasteiger partial charge in [0.15, 0.2) is 5.82 Å². The van der Waals surface area contributed by atoms with Gasteiger partial charge >= 0.3 is 0 Å². The Morgan fingerprint density at radius 3 is 2.64 bits per heavy atom. The fourth-order valence-electron chi connectivity index (χ4n) is 1.89. The molecule has 0 aliphatic rings. The molecule has 3 aromatic rings. The van der Waals surface area contributed by atoms with Crippen LogP contribution in [0, 0.1) is 5.82 Å². The van der Waals surface area contributed by atoms with Gasteiger partial charge in [-0.3, -0.25) is 5.10 Å². The van der Waals surface area contributed by atoms with Crippen molar-refractivity contribution in [3.63, 3.8) is 0 Å². The molecule has 112 valence electrons. The smallest absolute Gasteiger partial charge is 0.208 e. The van der Waals surface area contributed by atoms with Gasteiger partial charge in [-0.2, -0.15) is 0 Å². The zero-order valence-electron chi connectivity index (χ0n) is 11.7. The highest BCUT2D eigenvalue weighted by molar-refractivity contribution is 7.99. The molecule has 6 heteroatoms. The average molecular weight is 315 g/mol. The lowest BCUT2D eigenvalue weighted by atomic mass is 10.2. The average Bonchev–Trinajstić information content (AvgIpc) is 3.02. The molecular weight excluding hydrogens is 301 g/mol. The van der Waals surface area contributed by atoms with E-state index in [1.54, 1.807) is 18.2 Å². The fraction of sp³-hybridized carbons (Fsp3) is 0.125. The molecule has 0 amide bonds. The van der Waals surface area contributed by atoms with Crippen LogP contribution in [0.25, 0.3) is 11.4 Å². The number of H-pyrrole nitrogens is 1. The maximum Gasteiger partial charge on any atom is 0.208 e. The van der Waals surface area contributed by atoms with Crippen LogP contribution in [-0.2, 0) is 0 Å². The van der Waals surface area contributed by atoms with Crippen LogP contribution in [0.5, 0.6) is 5.75 Å². The number of hydrogen-bond acceptors (Lipinski definition) is 4. The molecule has 0 radical (unpaired) electrons. The summed E-state index contributed by atoms with van der Waals surface area (Å²) in [6, 6.07) is 16.1. The molecule has 0 aliphatic heterocycles. The molecule has 3 rings (SSSR count). The highest BCUT2D eigenvalue weighted by Crippen LogP contribution is 2.21. The summed E-state index contributed by atoms with van der Waals surface area (Å²) in [4.78, 5) is 4.29. The monoisotopic (exact) mass is 315 g/mol. The lowest BCUT2D eigenvalue weighted by Gasteiger charge is -2.03. The van der Waals surface area contributed by atoms with Crippen molar-refractivity contribution in [1.29, 1.82) is 0 Å². The Kier molecular flexibility index (Phi) is 4.70. The number of rotatable bonds is 6. The number of hydrogen-bond donors (Lipinski definition) is 1. The van der Waals surface area contributed by atoms with Crippen LogP contribution >= 0.6 is 11.8 Å². The molecule has 22 heavy (non-hydrogen) atoms. The molecule has 1 heterocycles. The molecule has 0 spiro atoms. The minimum absolute atomic E-state index is 0.317. The van der Waals surface area contributed by atoms with E-state index >= 15 is 0 Å². The topological polar surface area (TPSA) is 50.8 Å². The van der Waals surface area contributed by atoms with Gasteiger partial charge in [-0.1, -0.05) is 42.1 Å². The summed E-state index contributed by atoms with van der Waals surface area (Å²) in [5.41, 5.74) is 0.419. The summed E-state index contributed by atoms with van der Waals surface area (Å²) in [6.07, 6.45) is 0. The third-order valence-corrected chi connectivity index (χ3v) is 3.73. The summed E-state index contributed by atoms with van der Waals surface area (Å²) >= 11 is 1.46. The van der Waals surface area contributed by atoms with E-state index in [1.807, 2.05) is 30.3 Å². The first-order valence-electron chi connectivity index (χ1n) is 6.81. The Morgan fingerprint density at radius 2 is 1.82 bits per heavy atom. The third kappa shape index (κ3) is 3.65. The first kappa shape index (κ1) is 14.6. The van der Waals surface area contributed by atoms with E-state index in [1.165, 1.54) is 17.8 Å². The van der Waals surface area contributed by atoms with Crippen LogP contribution in [0.3, 0.4) is 0 Å². The number of aromatic amines is 1. The first-order valence-corrected chi connectivity index (χ1v) is 7.79. The Bertz CT molecular complexity index is 733. The predicted octanol–water partition coefficient (Wildman–Crippen LogP) is 3.78. The number of para-hydroxylation sites is 1. The first-order chi connectivity index (χ1) is 10.8. The number of ether oxygens (including phenoxy) is 1. The molecule has 1 N–H and O–H groups in total. The van der Waals surface area contributed by atoms with E-state index in [2.05, 4.69) is 15.2 Å². The van der Waals surface area contributed by atoms with Crippen LogP contribution in [-0.4, -0.2) is 27.5 Å². The standard InChI is InChI=1S/C16H14FN3OS/c17-14-9-5-4-8-13(14)15-18-16(20-19-15)22-11-10-21-12-6-2-1-3-7-12/h1-9H,10-11H2,(H,18,19,20). The number of benzene rings is 2. The lowest BCUT2D eigenvalue weighted by molar-refractivity contribution is 0.344. The van der Waals surface area contributed by atoms with Gasteiger partial charge < -0.3 is 4.74 Å². The quantitative estimate of drug-likeness (QED) is 0.555. The molecule has 0 unspecified atom stereocenters.